The third-order valence-electron chi connectivity index (χ3n) is 3.40. The van der Waals surface area contributed by atoms with Gasteiger partial charge in [-0.3, -0.25) is 0 Å². The van der Waals surface area contributed by atoms with Crippen molar-refractivity contribution in [1.29, 1.82) is 0 Å². The molecule has 0 radical (unpaired) electrons. The fraction of sp³-hybridized carbons (Fsp3) is 0.733. The minimum Gasteiger partial charge on any atom is -0.366 e. The van der Waals surface area contributed by atoms with Crippen molar-refractivity contribution in [3.05, 3.63) is 23.3 Å². The van der Waals surface area contributed by atoms with E-state index in [0.29, 0.717) is 6.10 Å². The molecule has 98 valence electrons. The number of ether oxygens (including phenoxy) is 1. The molecule has 1 saturated heterocycles. The Balaban J connectivity index is 2.18. The van der Waals surface area contributed by atoms with Gasteiger partial charge in [-0.15, -0.1) is 0 Å². The van der Waals surface area contributed by atoms with Gasteiger partial charge in [0.2, 0.25) is 0 Å². The molecule has 0 bridgehead atoms. The summed E-state index contributed by atoms with van der Waals surface area (Å²) in [6, 6.07) is 0. The molecule has 0 aliphatic carbocycles. The second-order valence-corrected chi connectivity index (χ2v) is 6.36. The van der Waals surface area contributed by atoms with E-state index in [1.165, 1.54) is 30.4 Å². The number of epoxide rings is 1. The van der Waals surface area contributed by atoms with Gasteiger partial charge in [0.1, 0.15) is 0 Å². The Bertz CT molecular complexity index is 302. The first kappa shape index (κ1) is 15.2. The largest absolute Gasteiger partial charge is 0.366 e. The highest BCUT2D eigenvalue weighted by Crippen LogP contribution is 2.41. The van der Waals surface area contributed by atoms with Crippen molar-refractivity contribution in [2.24, 2.45) is 0 Å². The van der Waals surface area contributed by atoms with E-state index < -0.39 is 0 Å². The summed E-state index contributed by atoms with van der Waals surface area (Å²) < 4.78 is 6.82. The molecule has 1 aliphatic heterocycles. The van der Waals surface area contributed by atoms with Gasteiger partial charge >= 0.3 is 0 Å². The number of halogens is 1. The molecule has 17 heavy (non-hydrogen) atoms. The normalized spacial score (nSPS) is 28.1. The fourth-order valence-corrected chi connectivity index (χ4v) is 3.11. The third kappa shape index (κ3) is 5.56. The molecule has 0 aromatic heterocycles. The average molecular weight is 348 g/mol. The van der Waals surface area contributed by atoms with Gasteiger partial charge in [0.15, 0.2) is 0 Å². The first-order valence-electron chi connectivity index (χ1n) is 6.50. The molecular formula is C15H25IO. The van der Waals surface area contributed by atoms with Crippen LogP contribution in [-0.4, -0.2) is 16.1 Å². The smallest absolute Gasteiger partial charge is 0.0960 e. The van der Waals surface area contributed by atoms with Crippen molar-refractivity contribution in [2.75, 3.05) is 4.43 Å². The molecule has 0 aromatic carbocycles. The zero-order valence-corrected chi connectivity index (χ0v) is 13.7. The molecule has 0 unspecified atom stereocenters. The quantitative estimate of drug-likeness (QED) is 0.271. The highest BCUT2D eigenvalue weighted by molar-refractivity contribution is 14.1. The van der Waals surface area contributed by atoms with Crippen LogP contribution >= 0.6 is 22.6 Å². The minimum atomic E-state index is 0.178. The summed E-state index contributed by atoms with van der Waals surface area (Å²) in [4.78, 5) is 0. The summed E-state index contributed by atoms with van der Waals surface area (Å²) in [7, 11) is 0. The van der Waals surface area contributed by atoms with Gasteiger partial charge in [0.05, 0.1) is 11.7 Å². The summed E-state index contributed by atoms with van der Waals surface area (Å²) in [6.07, 6.45) is 9.89. The lowest BCUT2D eigenvalue weighted by Crippen LogP contribution is -2.09. The average Bonchev–Trinajstić information content (AvgIpc) is 2.89. The predicted molar refractivity (Wildman–Crippen MR) is 83.8 cm³/mol. The molecule has 0 spiro atoms. The van der Waals surface area contributed by atoms with Crippen molar-refractivity contribution in [1.82, 2.24) is 0 Å². The van der Waals surface area contributed by atoms with Gasteiger partial charge in [-0.2, -0.15) is 0 Å². The zero-order valence-electron chi connectivity index (χ0n) is 11.6. The van der Waals surface area contributed by atoms with Crippen molar-refractivity contribution in [3.63, 3.8) is 0 Å². The van der Waals surface area contributed by atoms with Crippen LogP contribution in [0, 0.1) is 0 Å². The Kier molecular flexibility index (Phi) is 6.21. The Hall–Kier alpha value is 0.170. The molecule has 0 N–H and O–H groups in total. The Morgan fingerprint density at radius 1 is 1.24 bits per heavy atom. The van der Waals surface area contributed by atoms with E-state index >= 15 is 0 Å². The van der Waals surface area contributed by atoms with Crippen LogP contribution in [0.25, 0.3) is 0 Å². The second kappa shape index (κ2) is 6.93. The van der Waals surface area contributed by atoms with Gasteiger partial charge in [0.25, 0.3) is 0 Å². The third-order valence-corrected chi connectivity index (χ3v) is 4.20. The lowest BCUT2D eigenvalue weighted by molar-refractivity contribution is 0.301. The van der Waals surface area contributed by atoms with E-state index in [-0.39, 0.29) is 5.60 Å². The maximum atomic E-state index is 5.70. The number of alkyl halides is 1. The molecule has 0 aromatic rings. The van der Waals surface area contributed by atoms with E-state index in [9.17, 15) is 0 Å². The van der Waals surface area contributed by atoms with Crippen molar-refractivity contribution in [2.45, 2.75) is 65.1 Å². The Labute approximate surface area is 120 Å². The molecule has 0 saturated carbocycles. The van der Waals surface area contributed by atoms with Crippen molar-refractivity contribution in [3.8, 4) is 0 Å². The maximum absolute atomic E-state index is 5.70. The standard InChI is InChI=1S/C15H25IO/c1-12(2)7-5-8-13(3)9-6-10-15(4)14(11-16)17-15/h7,9,14H,5-6,8,10-11H2,1-4H3/b13-9+/t14-,15-/m1/s1. The molecule has 1 heterocycles. The van der Waals surface area contributed by atoms with Gasteiger partial charge in [-0.05, 0) is 53.4 Å². The molecule has 0 amide bonds. The number of rotatable bonds is 7. The first-order valence-corrected chi connectivity index (χ1v) is 8.03. The van der Waals surface area contributed by atoms with Crippen LogP contribution in [0.2, 0.25) is 0 Å². The Morgan fingerprint density at radius 3 is 2.47 bits per heavy atom. The van der Waals surface area contributed by atoms with E-state index in [0.717, 1.165) is 10.8 Å². The summed E-state index contributed by atoms with van der Waals surface area (Å²) >= 11 is 2.41. The van der Waals surface area contributed by atoms with Gasteiger partial charge in [0, 0.05) is 4.43 Å². The fourth-order valence-electron chi connectivity index (χ4n) is 2.00. The lowest BCUT2D eigenvalue weighted by atomic mass is 10.0. The van der Waals surface area contributed by atoms with Crippen molar-refractivity contribution < 1.29 is 4.74 Å². The molecule has 1 nitrogen and oxygen atoms in total. The van der Waals surface area contributed by atoms with E-state index in [1.54, 1.807) is 0 Å². The molecule has 1 fully saturated rings. The predicted octanol–water partition coefficient (Wildman–Crippen LogP) is 5.05. The van der Waals surface area contributed by atoms with Gasteiger partial charge in [-0.25, -0.2) is 0 Å². The molecule has 1 aliphatic rings. The summed E-state index contributed by atoms with van der Waals surface area (Å²) in [5.41, 5.74) is 3.11. The maximum Gasteiger partial charge on any atom is 0.0960 e. The van der Waals surface area contributed by atoms with Crippen LogP contribution in [0.5, 0.6) is 0 Å². The topological polar surface area (TPSA) is 12.5 Å². The summed E-state index contributed by atoms with van der Waals surface area (Å²) in [6.45, 7) is 8.80. The monoisotopic (exact) mass is 348 g/mol. The highest BCUT2D eigenvalue weighted by Gasteiger charge is 2.50. The van der Waals surface area contributed by atoms with E-state index in [4.69, 9.17) is 4.74 Å². The molecular weight excluding hydrogens is 323 g/mol. The molecule has 2 heteroatoms. The Morgan fingerprint density at radius 2 is 1.94 bits per heavy atom. The van der Waals surface area contributed by atoms with E-state index in [2.05, 4.69) is 62.4 Å². The second-order valence-electron chi connectivity index (χ2n) is 5.48. The summed E-state index contributed by atoms with van der Waals surface area (Å²) in [5.74, 6) is 0. The number of allylic oxidation sites excluding steroid dienone is 4. The molecule has 2 atom stereocenters. The number of hydrogen-bond donors (Lipinski definition) is 0. The summed E-state index contributed by atoms with van der Waals surface area (Å²) in [5, 5.41) is 0. The van der Waals surface area contributed by atoms with Crippen LogP contribution in [0.3, 0.4) is 0 Å². The van der Waals surface area contributed by atoms with Gasteiger partial charge < -0.3 is 4.74 Å². The minimum absolute atomic E-state index is 0.178. The lowest BCUT2D eigenvalue weighted by Gasteiger charge is -2.04. The zero-order chi connectivity index (χ0) is 12.9. The van der Waals surface area contributed by atoms with Crippen LogP contribution in [0.1, 0.15) is 53.4 Å². The van der Waals surface area contributed by atoms with Crippen molar-refractivity contribution >= 4 is 22.6 Å². The SMILES string of the molecule is CC(C)=CCC/C(C)=C/CC[C@@]1(C)O[C@@H]1CI. The van der Waals surface area contributed by atoms with Gasteiger partial charge in [-0.1, -0.05) is 45.9 Å². The first-order chi connectivity index (χ1) is 7.98. The number of hydrogen-bond acceptors (Lipinski definition) is 1. The van der Waals surface area contributed by atoms with Crippen LogP contribution in [-0.2, 0) is 4.74 Å². The molecule has 1 rings (SSSR count). The highest BCUT2D eigenvalue weighted by atomic mass is 127. The van der Waals surface area contributed by atoms with E-state index in [1.807, 2.05) is 0 Å². The van der Waals surface area contributed by atoms with Crippen LogP contribution in [0.4, 0.5) is 0 Å². The van der Waals surface area contributed by atoms with Crippen LogP contribution in [0.15, 0.2) is 23.3 Å². The van der Waals surface area contributed by atoms with Crippen LogP contribution < -0.4 is 0 Å².